The molecule has 2 aliphatic rings. The van der Waals surface area contributed by atoms with Gasteiger partial charge in [-0.05, 0) is 17.7 Å². The van der Waals surface area contributed by atoms with Gasteiger partial charge in [0.1, 0.15) is 0 Å². The molecule has 0 aromatic heterocycles. The third-order valence-corrected chi connectivity index (χ3v) is 4.16. The summed E-state index contributed by atoms with van der Waals surface area (Å²) >= 11 is 6.12. The average Bonchev–Trinajstić information content (AvgIpc) is 2.80. The van der Waals surface area contributed by atoms with E-state index in [4.69, 9.17) is 16.7 Å². The highest BCUT2D eigenvalue weighted by atomic mass is 35.5. The van der Waals surface area contributed by atoms with E-state index >= 15 is 0 Å². The maximum atomic E-state index is 11.5. The molecule has 1 atom stereocenters. The Morgan fingerprint density at radius 3 is 3.00 bits per heavy atom. The van der Waals surface area contributed by atoms with Crippen molar-refractivity contribution in [2.24, 2.45) is 0 Å². The van der Waals surface area contributed by atoms with Crippen LogP contribution in [0.25, 0.3) is 0 Å². The molecule has 1 aromatic rings. The Hall–Kier alpha value is -1.46. The van der Waals surface area contributed by atoms with Crippen LogP contribution >= 0.6 is 11.6 Å². The summed E-state index contributed by atoms with van der Waals surface area (Å²) in [6.07, 6.45) is 0. The van der Waals surface area contributed by atoms with Gasteiger partial charge in [-0.2, -0.15) is 0 Å². The maximum Gasteiger partial charge on any atom is 0.317 e. The molecule has 2 fully saturated rings. The van der Waals surface area contributed by atoms with E-state index in [1.807, 2.05) is 23.1 Å². The number of fused-ring (bicyclic) bond motifs is 1. The van der Waals surface area contributed by atoms with E-state index in [0.29, 0.717) is 11.6 Å². The van der Waals surface area contributed by atoms with Gasteiger partial charge in [-0.15, -0.1) is 0 Å². The van der Waals surface area contributed by atoms with Crippen LogP contribution in [0.15, 0.2) is 18.2 Å². The second kappa shape index (κ2) is 4.90. The summed E-state index contributed by atoms with van der Waals surface area (Å²) in [5, 5.41) is 12.6. The Kier molecular flexibility index (Phi) is 3.24. The number of hydrogen-bond acceptors (Lipinski definition) is 3. The zero-order chi connectivity index (χ0) is 13.4. The van der Waals surface area contributed by atoms with Crippen LogP contribution < -0.4 is 10.2 Å². The van der Waals surface area contributed by atoms with Crippen LogP contribution in [0, 0.1) is 0 Å². The number of hydrogen-bond donors (Lipinski definition) is 2. The summed E-state index contributed by atoms with van der Waals surface area (Å²) in [7, 11) is 0. The van der Waals surface area contributed by atoms with Gasteiger partial charge in [-0.1, -0.05) is 17.7 Å². The zero-order valence-corrected chi connectivity index (χ0v) is 11.2. The fraction of sp³-hybridized carbons (Fsp3) is 0.462. The van der Waals surface area contributed by atoms with Gasteiger partial charge in [0, 0.05) is 36.9 Å². The van der Waals surface area contributed by atoms with E-state index in [1.165, 1.54) is 0 Å². The Morgan fingerprint density at radius 2 is 2.26 bits per heavy atom. The first-order valence-electron chi connectivity index (χ1n) is 6.38. The number of aliphatic hydroxyl groups is 1. The lowest BCUT2D eigenvalue weighted by atomic mass is 10.1. The van der Waals surface area contributed by atoms with Gasteiger partial charge in [0.25, 0.3) is 0 Å². The van der Waals surface area contributed by atoms with Crippen molar-refractivity contribution in [1.29, 1.82) is 0 Å². The highest BCUT2D eigenvalue weighted by molar-refractivity contribution is 6.31. The molecule has 2 heterocycles. The van der Waals surface area contributed by atoms with Crippen LogP contribution in [0.1, 0.15) is 5.56 Å². The molecule has 0 spiro atoms. The van der Waals surface area contributed by atoms with Crippen molar-refractivity contribution in [2.75, 3.05) is 31.1 Å². The number of rotatable bonds is 2. The highest BCUT2D eigenvalue weighted by Gasteiger charge is 2.35. The second-order valence-corrected chi connectivity index (χ2v) is 5.32. The number of benzene rings is 1. The van der Waals surface area contributed by atoms with Crippen molar-refractivity contribution in [3.05, 3.63) is 28.8 Å². The van der Waals surface area contributed by atoms with Gasteiger partial charge in [0.15, 0.2) is 0 Å². The van der Waals surface area contributed by atoms with Gasteiger partial charge < -0.3 is 20.2 Å². The van der Waals surface area contributed by atoms with Crippen LogP contribution in [0.4, 0.5) is 10.5 Å². The normalized spacial score (nSPS) is 22.4. The minimum absolute atomic E-state index is 0.0401. The summed E-state index contributed by atoms with van der Waals surface area (Å²) in [5.74, 6) is 0. The van der Waals surface area contributed by atoms with Crippen molar-refractivity contribution in [3.63, 3.8) is 0 Å². The van der Waals surface area contributed by atoms with Crippen molar-refractivity contribution in [3.8, 4) is 0 Å². The number of piperazine rings is 1. The minimum Gasteiger partial charge on any atom is -0.392 e. The van der Waals surface area contributed by atoms with Gasteiger partial charge >= 0.3 is 6.03 Å². The lowest BCUT2D eigenvalue weighted by Gasteiger charge is -2.37. The number of aliphatic hydroxyl groups excluding tert-OH is 1. The van der Waals surface area contributed by atoms with Crippen molar-refractivity contribution < 1.29 is 9.90 Å². The fourth-order valence-electron chi connectivity index (χ4n) is 2.70. The Labute approximate surface area is 116 Å². The first-order valence-corrected chi connectivity index (χ1v) is 6.75. The Balaban J connectivity index is 1.77. The average molecular weight is 282 g/mol. The molecule has 5 nitrogen and oxygen atoms in total. The smallest absolute Gasteiger partial charge is 0.317 e. The molecule has 6 heteroatoms. The monoisotopic (exact) mass is 281 g/mol. The van der Waals surface area contributed by atoms with Crippen molar-refractivity contribution in [2.45, 2.75) is 12.6 Å². The molecule has 0 aliphatic carbocycles. The molecule has 1 unspecified atom stereocenters. The molecule has 0 saturated carbocycles. The molecular weight excluding hydrogens is 266 g/mol. The Morgan fingerprint density at radius 1 is 1.42 bits per heavy atom. The van der Waals surface area contributed by atoms with Crippen LogP contribution in [0.2, 0.25) is 5.02 Å². The third-order valence-electron chi connectivity index (χ3n) is 3.80. The molecule has 19 heavy (non-hydrogen) atoms. The lowest BCUT2D eigenvalue weighted by molar-refractivity contribution is 0.197. The van der Waals surface area contributed by atoms with Gasteiger partial charge in [-0.25, -0.2) is 4.79 Å². The summed E-state index contributed by atoms with van der Waals surface area (Å²) in [6, 6.07) is 5.97. The zero-order valence-electron chi connectivity index (χ0n) is 10.5. The van der Waals surface area contributed by atoms with Crippen LogP contribution in [-0.2, 0) is 6.61 Å². The molecule has 2 N–H and O–H groups in total. The van der Waals surface area contributed by atoms with Gasteiger partial charge in [0.2, 0.25) is 0 Å². The number of carbonyl (C=O) groups is 1. The van der Waals surface area contributed by atoms with E-state index in [-0.39, 0.29) is 18.7 Å². The molecular formula is C13H16ClN3O2. The van der Waals surface area contributed by atoms with E-state index in [9.17, 15) is 4.79 Å². The molecule has 2 amide bonds. The predicted octanol–water partition coefficient (Wildman–Crippen LogP) is 1.05. The second-order valence-electron chi connectivity index (χ2n) is 4.91. The largest absolute Gasteiger partial charge is 0.392 e. The molecule has 0 radical (unpaired) electrons. The Bertz CT molecular complexity index is 509. The van der Waals surface area contributed by atoms with Gasteiger partial charge in [0.05, 0.1) is 12.6 Å². The minimum atomic E-state index is -0.0477. The molecule has 0 bridgehead atoms. The van der Waals surface area contributed by atoms with E-state index in [2.05, 4.69) is 10.2 Å². The molecule has 1 aromatic carbocycles. The van der Waals surface area contributed by atoms with Crippen molar-refractivity contribution >= 4 is 23.3 Å². The topological polar surface area (TPSA) is 55.8 Å². The summed E-state index contributed by atoms with van der Waals surface area (Å²) in [6.45, 7) is 3.01. The fourth-order valence-corrected chi connectivity index (χ4v) is 2.93. The first-order chi connectivity index (χ1) is 9.19. The number of nitrogens with one attached hydrogen (secondary N) is 1. The SMILES string of the molecule is O=C1NCC2CN(c3ccc(CO)c(Cl)c3)CCN12. The highest BCUT2D eigenvalue weighted by Crippen LogP contribution is 2.26. The third kappa shape index (κ3) is 2.24. The standard InChI is InChI=1S/C13H16ClN3O2/c14-12-5-10(2-1-9(12)8-18)16-3-4-17-11(7-16)6-15-13(17)19/h1-2,5,11,18H,3-4,6-8H2,(H,15,19). The molecule has 102 valence electrons. The number of urea groups is 1. The number of nitrogens with zero attached hydrogens (tertiary/aromatic N) is 2. The van der Waals surface area contributed by atoms with Crippen LogP contribution in [-0.4, -0.2) is 48.3 Å². The number of amides is 2. The number of anilines is 1. The summed E-state index contributed by atoms with van der Waals surface area (Å²) in [4.78, 5) is 15.7. The molecule has 3 rings (SSSR count). The molecule has 2 saturated heterocycles. The van der Waals surface area contributed by atoms with E-state index in [0.717, 1.165) is 30.9 Å². The summed E-state index contributed by atoms with van der Waals surface area (Å²) in [5.41, 5.74) is 1.78. The van der Waals surface area contributed by atoms with E-state index < -0.39 is 0 Å². The molecule has 2 aliphatic heterocycles. The quantitative estimate of drug-likeness (QED) is 0.852. The van der Waals surface area contributed by atoms with Crippen LogP contribution in [0.3, 0.4) is 0 Å². The predicted molar refractivity (Wildman–Crippen MR) is 73.5 cm³/mol. The number of carbonyl (C=O) groups excluding carboxylic acids is 1. The number of halogens is 1. The van der Waals surface area contributed by atoms with Crippen LogP contribution in [0.5, 0.6) is 0 Å². The van der Waals surface area contributed by atoms with Crippen molar-refractivity contribution in [1.82, 2.24) is 10.2 Å². The lowest BCUT2D eigenvalue weighted by Crippen LogP contribution is -2.52. The van der Waals surface area contributed by atoms with Gasteiger partial charge in [-0.3, -0.25) is 0 Å². The first kappa shape index (κ1) is 12.6. The maximum absolute atomic E-state index is 11.5. The summed E-state index contributed by atoms with van der Waals surface area (Å²) < 4.78 is 0. The van der Waals surface area contributed by atoms with E-state index in [1.54, 1.807) is 0 Å².